The van der Waals surface area contributed by atoms with Gasteiger partial charge in [0.25, 0.3) is 10.0 Å². The summed E-state index contributed by atoms with van der Waals surface area (Å²) in [5.74, 6) is 0.664. The monoisotopic (exact) mass is 521 g/mol. The molecule has 0 radical (unpaired) electrons. The van der Waals surface area contributed by atoms with Crippen molar-refractivity contribution in [3.05, 3.63) is 114 Å². The van der Waals surface area contributed by atoms with Gasteiger partial charge >= 0.3 is 6.18 Å². The summed E-state index contributed by atoms with van der Waals surface area (Å²) < 4.78 is 68.9. The van der Waals surface area contributed by atoms with Crippen LogP contribution in [-0.4, -0.2) is 18.0 Å². The summed E-state index contributed by atoms with van der Waals surface area (Å²) in [6, 6.07) is 26.1. The topological polar surface area (TPSA) is 64.0 Å². The first-order valence-electron chi connectivity index (χ1n) is 11.4. The van der Waals surface area contributed by atoms with Crippen LogP contribution in [0.25, 0.3) is 22.4 Å². The van der Waals surface area contributed by atoms with Gasteiger partial charge in [0.2, 0.25) is 0 Å². The minimum atomic E-state index is -4.55. The van der Waals surface area contributed by atoms with Gasteiger partial charge in [0.1, 0.15) is 5.82 Å². The SMILES string of the molecule is Cc1ccc(Cn2c(-c3cccc(NS(=O)(=O)c4ccc(C(F)(F)F)cc4)c3)nc3ccccc32)cc1. The van der Waals surface area contributed by atoms with Crippen molar-refractivity contribution in [1.82, 2.24) is 9.55 Å². The average Bonchev–Trinajstić information content (AvgIpc) is 3.23. The van der Waals surface area contributed by atoms with Gasteiger partial charge in [-0.3, -0.25) is 4.72 Å². The van der Waals surface area contributed by atoms with Crippen molar-refractivity contribution in [2.45, 2.75) is 24.5 Å². The Balaban J connectivity index is 1.49. The molecular weight excluding hydrogens is 499 g/mol. The number of rotatable bonds is 6. The average molecular weight is 522 g/mol. The molecule has 5 rings (SSSR count). The number of benzene rings is 4. The number of aryl methyl sites for hydroxylation is 1. The van der Waals surface area contributed by atoms with Gasteiger partial charge in [-0.25, -0.2) is 13.4 Å². The van der Waals surface area contributed by atoms with E-state index in [1.54, 1.807) is 18.2 Å². The standard InChI is InChI=1S/C28H22F3N3O2S/c1-19-9-11-20(12-10-19)18-34-26-8-3-2-7-25(26)32-27(34)21-5-4-6-23(17-21)33-37(35,36)24-15-13-22(14-16-24)28(29,30)31/h2-17,33H,18H2,1H3. The Labute approximate surface area is 212 Å². The van der Waals surface area contributed by atoms with E-state index in [4.69, 9.17) is 4.98 Å². The number of nitrogens with one attached hydrogen (secondary N) is 1. The lowest BCUT2D eigenvalue weighted by Crippen LogP contribution is -2.14. The molecule has 9 heteroatoms. The molecule has 0 fully saturated rings. The van der Waals surface area contributed by atoms with E-state index in [1.807, 2.05) is 49.4 Å². The number of fused-ring (bicyclic) bond motifs is 1. The van der Waals surface area contributed by atoms with Crippen LogP contribution >= 0.6 is 0 Å². The second kappa shape index (κ2) is 9.40. The smallest absolute Gasteiger partial charge is 0.319 e. The van der Waals surface area contributed by atoms with Crippen molar-refractivity contribution in [3.63, 3.8) is 0 Å². The predicted octanol–water partition coefficient (Wildman–Crippen LogP) is 6.88. The number of aromatic nitrogens is 2. The Hall–Kier alpha value is -4.11. The molecule has 0 aliphatic carbocycles. The third kappa shape index (κ3) is 5.22. The Morgan fingerprint density at radius 3 is 2.27 bits per heavy atom. The van der Waals surface area contributed by atoms with Gasteiger partial charge in [-0.2, -0.15) is 13.2 Å². The minimum Gasteiger partial charge on any atom is -0.319 e. The molecule has 0 aliphatic rings. The molecule has 5 nitrogen and oxygen atoms in total. The zero-order valence-corrected chi connectivity index (χ0v) is 20.5. The van der Waals surface area contributed by atoms with Crippen LogP contribution < -0.4 is 4.72 Å². The molecule has 0 amide bonds. The summed E-state index contributed by atoms with van der Waals surface area (Å²) in [6.07, 6.45) is -4.55. The maximum Gasteiger partial charge on any atom is 0.416 e. The fraction of sp³-hybridized carbons (Fsp3) is 0.107. The molecule has 0 saturated carbocycles. The van der Waals surface area contributed by atoms with Crippen LogP contribution in [0.2, 0.25) is 0 Å². The molecule has 1 heterocycles. The van der Waals surface area contributed by atoms with Crippen LogP contribution in [-0.2, 0) is 22.7 Å². The van der Waals surface area contributed by atoms with Crippen LogP contribution in [0.15, 0.2) is 102 Å². The fourth-order valence-electron chi connectivity index (χ4n) is 4.09. The second-order valence-corrected chi connectivity index (χ2v) is 10.4. The summed E-state index contributed by atoms with van der Waals surface area (Å²) in [6.45, 7) is 2.59. The van der Waals surface area contributed by atoms with E-state index in [0.717, 1.165) is 46.4 Å². The van der Waals surface area contributed by atoms with Crippen molar-refractivity contribution in [2.75, 3.05) is 4.72 Å². The number of alkyl halides is 3. The fourth-order valence-corrected chi connectivity index (χ4v) is 5.14. The maximum atomic E-state index is 12.9. The number of imidazole rings is 1. The van der Waals surface area contributed by atoms with Crippen LogP contribution in [0, 0.1) is 6.92 Å². The van der Waals surface area contributed by atoms with E-state index in [-0.39, 0.29) is 10.6 Å². The molecular formula is C28H22F3N3O2S. The van der Waals surface area contributed by atoms with E-state index >= 15 is 0 Å². The molecule has 0 unspecified atom stereocenters. The van der Waals surface area contributed by atoms with Crippen molar-refractivity contribution >= 4 is 26.7 Å². The number of sulfonamides is 1. The van der Waals surface area contributed by atoms with Crippen molar-refractivity contribution < 1.29 is 21.6 Å². The number of anilines is 1. The quantitative estimate of drug-likeness (QED) is 0.265. The molecule has 37 heavy (non-hydrogen) atoms. The number of hydrogen-bond donors (Lipinski definition) is 1. The highest BCUT2D eigenvalue weighted by Crippen LogP contribution is 2.31. The lowest BCUT2D eigenvalue weighted by molar-refractivity contribution is -0.137. The molecule has 0 saturated heterocycles. The third-order valence-electron chi connectivity index (χ3n) is 5.98. The molecule has 1 N–H and O–H groups in total. The van der Waals surface area contributed by atoms with Gasteiger partial charge in [-0.1, -0.05) is 54.1 Å². The highest BCUT2D eigenvalue weighted by atomic mass is 32.2. The Morgan fingerprint density at radius 2 is 1.57 bits per heavy atom. The molecule has 0 atom stereocenters. The summed E-state index contributed by atoms with van der Waals surface area (Å²) in [4.78, 5) is 4.54. The normalized spacial score (nSPS) is 12.1. The highest BCUT2D eigenvalue weighted by Gasteiger charge is 2.30. The number of hydrogen-bond acceptors (Lipinski definition) is 3. The summed E-state index contributed by atoms with van der Waals surface area (Å²) in [5.41, 5.74) is 4.04. The molecule has 0 spiro atoms. The second-order valence-electron chi connectivity index (χ2n) is 8.70. The van der Waals surface area contributed by atoms with Crippen molar-refractivity contribution in [3.8, 4) is 11.4 Å². The van der Waals surface area contributed by atoms with Crippen LogP contribution in [0.1, 0.15) is 16.7 Å². The number of halogens is 3. The van der Waals surface area contributed by atoms with Crippen molar-refractivity contribution in [1.29, 1.82) is 0 Å². The predicted molar refractivity (Wildman–Crippen MR) is 138 cm³/mol. The molecule has 0 bridgehead atoms. The zero-order valence-electron chi connectivity index (χ0n) is 19.7. The van der Waals surface area contributed by atoms with E-state index in [0.29, 0.717) is 17.9 Å². The first kappa shape index (κ1) is 24.6. The van der Waals surface area contributed by atoms with Crippen molar-refractivity contribution in [2.24, 2.45) is 0 Å². The van der Waals surface area contributed by atoms with Crippen LogP contribution in [0.5, 0.6) is 0 Å². The van der Waals surface area contributed by atoms with E-state index < -0.39 is 21.8 Å². The van der Waals surface area contributed by atoms with Gasteiger partial charge in [-0.15, -0.1) is 0 Å². The maximum absolute atomic E-state index is 12.9. The minimum absolute atomic E-state index is 0.266. The third-order valence-corrected chi connectivity index (χ3v) is 7.38. The zero-order chi connectivity index (χ0) is 26.2. The summed E-state index contributed by atoms with van der Waals surface area (Å²) in [5, 5.41) is 0. The largest absolute Gasteiger partial charge is 0.416 e. The molecule has 188 valence electrons. The number of nitrogens with zero attached hydrogens (tertiary/aromatic N) is 2. The van der Waals surface area contributed by atoms with Crippen LogP contribution in [0.4, 0.5) is 18.9 Å². The van der Waals surface area contributed by atoms with E-state index in [2.05, 4.69) is 21.4 Å². The van der Waals surface area contributed by atoms with Gasteiger partial charge in [-0.05, 0) is 61.0 Å². The van der Waals surface area contributed by atoms with Crippen LogP contribution in [0.3, 0.4) is 0 Å². The molecule has 0 aliphatic heterocycles. The Kier molecular flexibility index (Phi) is 6.25. The summed E-state index contributed by atoms with van der Waals surface area (Å²) in [7, 11) is -4.11. The first-order valence-corrected chi connectivity index (χ1v) is 12.9. The van der Waals surface area contributed by atoms with Gasteiger partial charge < -0.3 is 4.57 Å². The molecule has 5 aromatic rings. The Bertz CT molecular complexity index is 1680. The van der Waals surface area contributed by atoms with E-state index in [1.165, 1.54) is 0 Å². The molecule has 4 aromatic carbocycles. The van der Waals surface area contributed by atoms with E-state index in [9.17, 15) is 21.6 Å². The lowest BCUT2D eigenvalue weighted by atomic mass is 10.1. The lowest BCUT2D eigenvalue weighted by Gasteiger charge is -2.13. The van der Waals surface area contributed by atoms with Gasteiger partial charge in [0.15, 0.2) is 0 Å². The highest BCUT2D eigenvalue weighted by molar-refractivity contribution is 7.92. The number of para-hydroxylation sites is 2. The van der Waals surface area contributed by atoms with Gasteiger partial charge in [0, 0.05) is 17.8 Å². The first-order chi connectivity index (χ1) is 17.6. The Morgan fingerprint density at radius 1 is 0.865 bits per heavy atom. The molecule has 1 aromatic heterocycles. The summed E-state index contributed by atoms with van der Waals surface area (Å²) >= 11 is 0. The van der Waals surface area contributed by atoms with Gasteiger partial charge in [0.05, 0.1) is 21.5 Å².